The van der Waals surface area contributed by atoms with Crippen molar-refractivity contribution in [2.75, 3.05) is 32.1 Å². The highest BCUT2D eigenvalue weighted by Gasteiger charge is 2.18. The van der Waals surface area contributed by atoms with Crippen LogP contribution in [0, 0.1) is 0 Å². The first kappa shape index (κ1) is 12.6. The zero-order valence-corrected chi connectivity index (χ0v) is 8.20. The first-order chi connectivity index (χ1) is 6.08. The number of hydrogen-bond acceptors (Lipinski definition) is 4. The third-order valence-corrected chi connectivity index (χ3v) is 3.23. The van der Waals surface area contributed by atoms with Crippen LogP contribution in [0.3, 0.4) is 0 Å². The summed E-state index contributed by atoms with van der Waals surface area (Å²) < 4.78 is 23.7. The molecule has 0 bridgehead atoms. The molecule has 5 nitrogen and oxygen atoms in total. The van der Waals surface area contributed by atoms with Crippen LogP contribution < -0.4 is 0 Å². The maximum absolute atomic E-state index is 11.3. The Morgan fingerprint density at radius 1 is 1.23 bits per heavy atom. The van der Waals surface area contributed by atoms with Crippen LogP contribution in [0.1, 0.15) is 0 Å². The predicted molar refractivity (Wildman–Crippen MR) is 49.7 cm³/mol. The summed E-state index contributed by atoms with van der Waals surface area (Å²) >= 11 is 0. The molecule has 0 saturated heterocycles. The van der Waals surface area contributed by atoms with Crippen molar-refractivity contribution in [3.05, 3.63) is 12.7 Å². The minimum absolute atomic E-state index is 0.0106. The van der Waals surface area contributed by atoms with Gasteiger partial charge in [-0.2, -0.15) is 4.31 Å². The number of sulfonamides is 1. The number of nitrogens with zero attached hydrogens (tertiary/aromatic N) is 1. The molecule has 0 aromatic heterocycles. The van der Waals surface area contributed by atoms with Gasteiger partial charge in [0.1, 0.15) is 0 Å². The van der Waals surface area contributed by atoms with Crippen molar-refractivity contribution in [2.24, 2.45) is 0 Å². The van der Waals surface area contributed by atoms with Crippen LogP contribution in [0.15, 0.2) is 12.7 Å². The van der Waals surface area contributed by atoms with Crippen molar-refractivity contribution in [1.29, 1.82) is 0 Å². The number of hydrogen-bond donors (Lipinski definition) is 2. The molecule has 0 aromatic rings. The highest BCUT2D eigenvalue weighted by Crippen LogP contribution is 2.00. The van der Waals surface area contributed by atoms with Gasteiger partial charge in [-0.25, -0.2) is 8.42 Å². The van der Waals surface area contributed by atoms with E-state index in [1.54, 1.807) is 0 Å². The molecule has 0 heterocycles. The minimum atomic E-state index is -3.40. The topological polar surface area (TPSA) is 77.8 Å². The van der Waals surface area contributed by atoms with Gasteiger partial charge in [-0.05, 0) is 0 Å². The Kier molecular flexibility index (Phi) is 5.89. The summed E-state index contributed by atoms with van der Waals surface area (Å²) in [6.45, 7) is 2.83. The summed E-state index contributed by atoms with van der Waals surface area (Å²) in [5.41, 5.74) is 0. The molecule has 0 unspecified atom stereocenters. The van der Waals surface area contributed by atoms with Gasteiger partial charge in [0.25, 0.3) is 0 Å². The van der Waals surface area contributed by atoms with Gasteiger partial charge in [0, 0.05) is 13.1 Å². The lowest BCUT2D eigenvalue weighted by Gasteiger charge is -2.18. The van der Waals surface area contributed by atoms with Gasteiger partial charge in [-0.1, -0.05) is 6.08 Å². The summed E-state index contributed by atoms with van der Waals surface area (Å²) in [6, 6.07) is 0. The van der Waals surface area contributed by atoms with E-state index in [-0.39, 0.29) is 32.1 Å². The van der Waals surface area contributed by atoms with E-state index in [1.165, 1.54) is 6.08 Å². The fraction of sp³-hybridized carbons (Fsp3) is 0.714. The molecule has 0 radical (unpaired) electrons. The lowest BCUT2D eigenvalue weighted by molar-refractivity contribution is 0.218. The van der Waals surface area contributed by atoms with Crippen LogP contribution in [0.5, 0.6) is 0 Å². The van der Waals surface area contributed by atoms with Gasteiger partial charge in [-0.15, -0.1) is 6.58 Å². The Bertz CT molecular complexity index is 231. The zero-order chi connectivity index (χ0) is 10.3. The van der Waals surface area contributed by atoms with E-state index >= 15 is 0 Å². The third kappa shape index (κ3) is 4.37. The quantitative estimate of drug-likeness (QED) is 0.516. The van der Waals surface area contributed by atoms with Crippen molar-refractivity contribution >= 4 is 10.0 Å². The van der Waals surface area contributed by atoms with E-state index in [0.29, 0.717) is 0 Å². The molecule has 0 rings (SSSR count). The lowest BCUT2D eigenvalue weighted by atomic mass is 10.6. The van der Waals surface area contributed by atoms with Crippen molar-refractivity contribution in [3.63, 3.8) is 0 Å². The standard InChI is InChI=1S/C7H15NO4S/c1-2-7-13(11,12)8(3-5-9)4-6-10/h2,9-10H,1,3-7H2. The second-order valence-electron chi connectivity index (χ2n) is 2.41. The number of aliphatic hydroxyl groups excluding tert-OH is 2. The number of aliphatic hydroxyl groups is 2. The van der Waals surface area contributed by atoms with Crippen LogP contribution in [-0.4, -0.2) is 55.0 Å². The summed E-state index contributed by atoms with van der Waals surface area (Å²) in [6.07, 6.45) is 1.27. The van der Waals surface area contributed by atoms with Crippen molar-refractivity contribution in [3.8, 4) is 0 Å². The molecule has 0 aliphatic carbocycles. The lowest BCUT2D eigenvalue weighted by Crippen LogP contribution is -2.37. The second kappa shape index (κ2) is 6.09. The predicted octanol–water partition coefficient (Wildman–Crippen LogP) is -1.21. The Labute approximate surface area is 78.3 Å². The second-order valence-corrected chi connectivity index (χ2v) is 4.43. The summed E-state index contributed by atoms with van der Waals surface area (Å²) in [7, 11) is -3.40. The molecule has 0 amide bonds. The van der Waals surface area contributed by atoms with Crippen molar-refractivity contribution in [1.82, 2.24) is 4.31 Å². The molecule has 6 heteroatoms. The molecule has 0 atom stereocenters. The van der Waals surface area contributed by atoms with Gasteiger partial charge >= 0.3 is 0 Å². The van der Waals surface area contributed by atoms with E-state index in [1.807, 2.05) is 0 Å². The Balaban J connectivity index is 4.41. The van der Waals surface area contributed by atoms with Gasteiger partial charge in [0.15, 0.2) is 0 Å². The average molecular weight is 209 g/mol. The Morgan fingerprint density at radius 3 is 2.00 bits per heavy atom. The van der Waals surface area contributed by atoms with E-state index < -0.39 is 10.0 Å². The van der Waals surface area contributed by atoms with E-state index in [0.717, 1.165) is 4.31 Å². The van der Waals surface area contributed by atoms with E-state index in [9.17, 15) is 8.42 Å². The Hall–Kier alpha value is -0.430. The summed E-state index contributed by atoms with van der Waals surface area (Å²) in [5, 5.41) is 17.2. The highest BCUT2D eigenvalue weighted by molar-refractivity contribution is 7.89. The van der Waals surface area contributed by atoms with Gasteiger partial charge in [-0.3, -0.25) is 0 Å². The zero-order valence-electron chi connectivity index (χ0n) is 7.39. The van der Waals surface area contributed by atoms with Gasteiger partial charge in [0.05, 0.1) is 19.0 Å². The van der Waals surface area contributed by atoms with Crippen molar-refractivity contribution in [2.45, 2.75) is 0 Å². The molecule has 0 aliphatic heterocycles. The first-order valence-corrected chi connectivity index (χ1v) is 5.50. The molecule has 78 valence electrons. The molecular formula is C7H15NO4S. The molecule has 0 aliphatic rings. The third-order valence-electron chi connectivity index (χ3n) is 1.42. The van der Waals surface area contributed by atoms with Crippen LogP contribution in [0.4, 0.5) is 0 Å². The van der Waals surface area contributed by atoms with Gasteiger partial charge < -0.3 is 10.2 Å². The highest BCUT2D eigenvalue weighted by atomic mass is 32.2. The summed E-state index contributed by atoms with van der Waals surface area (Å²) in [5.74, 6) is -0.174. The minimum Gasteiger partial charge on any atom is -0.395 e. The van der Waals surface area contributed by atoms with Crippen LogP contribution in [0.2, 0.25) is 0 Å². The maximum atomic E-state index is 11.3. The van der Waals surface area contributed by atoms with Crippen LogP contribution >= 0.6 is 0 Å². The fourth-order valence-corrected chi connectivity index (χ4v) is 2.10. The van der Waals surface area contributed by atoms with Crippen LogP contribution in [0.25, 0.3) is 0 Å². The fourth-order valence-electron chi connectivity index (χ4n) is 0.867. The van der Waals surface area contributed by atoms with Gasteiger partial charge in [0.2, 0.25) is 10.0 Å². The molecule has 2 N–H and O–H groups in total. The van der Waals surface area contributed by atoms with Crippen molar-refractivity contribution < 1.29 is 18.6 Å². The monoisotopic (exact) mass is 209 g/mol. The van der Waals surface area contributed by atoms with Crippen LogP contribution in [-0.2, 0) is 10.0 Å². The number of rotatable bonds is 7. The average Bonchev–Trinajstić information content (AvgIpc) is 2.04. The molecular weight excluding hydrogens is 194 g/mol. The molecule has 0 saturated carbocycles. The normalized spacial score (nSPS) is 11.9. The molecule has 0 fully saturated rings. The maximum Gasteiger partial charge on any atom is 0.217 e. The Morgan fingerprint density at radius 2 is 1.69 bits per heavy atom. The molecule has 0 spiro atoms. The largest absolute Gasteiger partial charge is 0.395 e. The van der Waals surface area contributed by atoms with E-state index in [4.69, 9.17) is 10.2 Å². The van der Waals surface area contributed by atoms with E-state index in [2.05, 4.69) is 6.58 Å². The summed E-state index contributed by atoms with van der Waals surface area (Å²) in [4.78, 5) is 0. The SMILES string of the molecule is C=CCS(=O)(=O)N(CCO)CCO. The smallest absolute Gasteiger partial charge is 0.217 e. The molecule has 13 heavy (non-hydrogen) atoms. The molecule has 0 aromatic carbocycles. The first-order valence-electron chi connectivity index (χ1n) is 3.89.